The zero-order valence-electron chi connectivity index (χ0n) is 8.93. The minimum Gasteiger partial charge on any atom is -0.487 e. The first-order valence-electron chi connectivity index (χ1n) is 5.07. The topological polar surface area (TPSA) is 84.9 Å². The molecule has 90 valence electrons. The molecule has 0 fully saturated rings. The molecule has 0 bridgehead atoms. The smallest absolute Gasteiger partial charge is 0.341 e. The second-order valence-corrected chi connectivity index (χ2v) is 3.42. The number of nitrogens with one attached hydrogen (secondary N) is 1. The molecule has 0 radical (unpaired) electrons. The molecule has 0 saturated carbocycles. The van der Waals surface area contributed by atoms with Gasteiger partial charge in [0.1, 0.15) is 6.61 Å². The Hall–Kier alpha value is -2.24. The van der Waals surface area contributed by atoms with Gasteiger partial charge in [0.25, 0.3) is 5.91 Å². The summed E-state index contributed by atoms with van der Waals surface area (Å²) < 4.78 is 10.4. The Morgan fingerprint density at radius 2 is 2.35 bits per heavy atom. The number of fused-ring (bicyclic) bond motifs is 1. The van der Waals surface area contributed by atoms with Crippen LogP contribution in [0.5, 0.6) is 11.5 Å². The van der Waals surface area contributed by atoms with Crippen molar-refractivity contribution in [1.29, 1.82) is 0 Å². The number of ether oxygens (including phenoxy) is 2. The van der Waals surface area contributed by atoms with Gasteiger partial charge in [0, 0.05) is 0 Å². The summed E-state index contributed by atoms with van der Waals surface area (Å²) in [6.45, 7) is 0.263. The number of hydrogen-bond acceptors (Lipinski definition) is 4. The molecule has 1 aliphatic heterocycles. The quantitative estimate of drug-likeness (QED) is 0.788. The summed E-state index contributed by atoms with van der Waals surface area (Å²) in [6.07, 6.45) is 0. The van der Waals surface area contributed by atoms with Crippen molar-refractivity contribution in [2.75, 3.05) is 19.8 Å². The van der Waals surface area contributed by atoms with E-state index >= 15 is 0 Å². The molecule has 17 heavy (non-hydrogen) atoms. The summed E-state index contributed by atoms with van der Waals surface area (Å²) >= 11 is 0. The molecule has 2 rings (SSSR count). The highest BCUT2D eigenvalue weighted by atomic mass is 16.5. The van der Waals surface area contributed by atoms with Crippen LogP contribution < -0.4 is 14.8 Å². The van der Waals surface area contributed by atoms with Gasteiger partial charge in [-0.3, -0.25) is 4.79 Å². The van der Waals surface area contributed by atoms with Crippen molar-refractivity contribution >= 4 is 11.9 Å². The van der Waals surface area contributed by atoms with E-state index in [0.29, 0.717) is 24.5 Å². The summed E-state index contributed by atoms with van der Waals surface area (Å²) in [7, 11) is 0. The highest BCUT2D eigenvalue weighted by Crippen LogP contribution is 2.32. The van der Waals surface area contributed by atoms with Crippen molar-refractivity contribution in [3.63, 3.8) is 0 Å². The zero-order chi connectivity index (χ0) is 12.3. The van der Waals surface area contributed by atoms with Crippen LogP contribution in [-0.2, 0) is 4.79 Å². The molecule has 1 aromatic carbocycles. The maximum absolute atomic E-state index is 11.6. The van der Waals surface area contributed by atoms with Crippen molar-refractivity contribution in [2.24, 2.45) is 0 Å². The Balaban J connectivity index is 2.31. The van der Waals surface area contributed by atoms with E-state index in [4.69, 9.17) is 14.6 Å². The number of amides is 1. The van der Waals surface area contributed by atoms with Gasteiger partial charge in [0.2, 0.25) is 0 Å². The number of carboxylic acid groups (broad SMARTS) is 1. The van der Waals surface area contributed by atoms with Crippen molar-refractivity contribution in [3.05, 3.63) is 23.8 Å². The molecular weight excluding hydrogens is 226 g/mol. The summed E-state index contributed by atoms with van der Waals surface area (Å²) in [4.78, 5) is 22.1. The number of carbonyl (C=O) groups excluding carboxylic acids is 1. The van der Waals surface area contributed by atoms with Crippen LogP contribution in [0.3, 0.4) is 0 Å². The van der Waals surface area contributed by atoms with Crippen LogP contribution in [-0.4, -0.2) is 36.7 Å². The molecule has 0 atom stereocenters. The standard InChI is InChI=1S/C11H11NO5/c13-9(14)6-17-8-3-1-2-7-10(8)16-5-4-12-11(7)15/h1-3H,4-6H2,(H,12,15)(H,13,14). The molecule has 2 N–H and O–H groups in total. The average Bonchev–Trinajstić information content (AvgIpc) is 2.49. The second kappa shape index (κ2) is 4.73. The van der Waals surface area contributed by atoms with E-state index in [1.807, 2.05) is 0 Å². The fourth-order valence-corrected chi connectivity index (χ4v) is 1.51. The third-order valence-corrected chi connectivity index (χ3v) is 2.21. The average molecular weight is 237 g/mol. The normalized spacial score (nSPS) is 14.0. The molecule has 1 amide bonds. The number of rotatable bonds is 3. The van der Waals surface area contributed by atoms with Crippen LogP contribution in [0.4, 0.5) is 0 Å². The van der Waals surface area contributed by atoms with Crippen molar-refractivity contribution in [1.82, 2.24) is 5.32 Å². The maximum atomic E-state index is 11.6. The highest BCUT2D eigenvalue weighted by molar-refractivity contribution is 5.98. The molecule has 6 heteroatoms. The van der Waals surface area contributed by atoms with E-state index < -0.39 is 12.6 Å². The largest absolute Gasteiger partial charge is 0.487 e. The van der Waals surface area contributed by atoms with E-state index in [1.54, 1.807) is 18.2 Å². The van der Waals surface area contributed by atoms with E-state index in [-0.39, 0.29) is 11.7 Å². The van der Waals surface area contributed by atoms with Crippen LogP contribution in [0.1, 0.15) is 10.4 Å². The van der Waals surface area contributed by atoms with Gasteiger partial charge in [0.05, 0.1) is 12.1 Å². The number of carboxylic acids is 1. The van der Waals surface area contributed by atoms with E-state index in [1.165, 1.54) is 0 Å². The Kier molecular flexibility index (Phi) is 3.13. The molecule has 1 heterocycles. The van der Waals surface area contributed by atoms with Crippen LogP contribution in [0.15, 0.2) is 18.2 Å². The first-order chi connectivity index (χ1) is 8.18. The summed E-state index contributed by atoms with van der Waals surface area (Å²) in [6, 6.07) is 4.79. The SMILES string of the molecule is O=C(O)COc1cccc2c1OCCNC2=O. The van der Waals surface area contributed by atoms with Crippen LogP contribution in [0, 0.1) is 0 Å². The van der Waals surface area contributed by atoms with Gasteiger partial charge in [-0.25, -0.2) is 4.79 Å². The Labute approximate surface area is 97.1 Å². The van der Waals surface area contributed by atoms with Crippen molar-refractivity contribution in [2.45, 2.75) is 0 Å². The van der Waals surface area contributed by atoms with E-state index in [0.717, 1.165) is 0 Å². The minimum absolute atomic E-state index is 0.252. The van der Waals surface area contributed by atoms with Gasteiger partial charge < -0.3 is 19.9 Å². The molecule has 0 spiro atoms. The second-order valence-electron chi connectivity index (χ2n) is 3.42. The molecule has 1 aromatic rings. The number of para-hydroxylation sites is 1. The van der Waals surface area contributed by atoms with E-state index in [9.17, 15) is 9.59 Å². The lowest BCUT2D eigenvalue weighted by Crippen LogP contribution is -2.24. The van der Waals surface area contributed by atoms with Crippen LogP contribution >= 0.6 is 0 Å². The molecule has 0 aliphatic carbocycles. The molecule has 0 aromatic heterocycles. The van der Waals surface area contributed by atoms with Gasteiger partial charge in [-0.2, -0.15) is 0 Å². The van der Waals surface area contributed by atoms with Crippen molar-refractivity contribution in [3.8, 4) is 11.5 Å². The first-order valence-corrected chi connectivity index (χ1v) is 5.07. The molecular formula is C11H11NO5. The zero-order valence-corrected chi connectivity index (χ0v) is 8.93. The molecule has 1 aliphatic rings. The third kappa shape index (κ3) is 2.47. The summed E-state index contributed by atoms with van der Waals surface area (Å²) in [5.74, 6) is -0.773. The molecule has 0 saturated heterocycles. The van der Waals surface area contributed by atoms with E-state index in [2.05, 4.69) is 5.32 Å². The summed E-state index contributed by atoms with van der Waals surface area (Å²) in [5.41, 5.74) is 0.352. The van der Waals surface area contributed by atoms with Crippen LogP contribution in [0.2, 0.25) is 0 Å². The van der Waals surface area contributed by atoms with Crippen molar-refractivity contribution < 1.29 is 24.2 Å². The van der Waals surface area contributed by atoms with Gasteiger partial charge >= 0.3 is 5.97 Å². The Bertz CT molecular complexity index is 457. The van der Waals surface area contributed by atoms with Gasteiger partial charge in [0.15, 0.2) is 18.1 Å². The summed E-state index contributed by atoms with van der Waals surface area (Å²) in [5, 5.41) is 11.2. The van der Waals surface area contributed by atoms with Crippen LogP contribution in [0.25, 0.3) is 0 Å². The Morgan fingerprint density at radius 3 is 3.12 bits per heavy atom. The molecule has 6 nitrogen and oxygen atoms in total. The fraction of sp³-hybridized carbons (Fsp3) is 0.273. The lowest BCUT2D eigenvalue weighted by Gasteiger charge is -2.11. The number of carbonyl (C=O) groups is 2. The monoisotopic (exact) mass is 237 g/mol. The lowest BCUT2D eigenvalue weighted by atomic mass is 10.2. The van der Waals surface area contributed by atoms with Gasteiger partial charge in [-0.05, 0) is 12.1 Å². The lowest BCUT2D eigenvalue weighted by molar-refractivity contribution is -0.139. The maximum Gasteiger partial charge on any atom is 0.341 e. The predicted octanol–water partition coefficient (Wildman–Crippen LogP) is 0.272. The number of aliphatic carboxylic acids is 1. The van der Waals surface area contributed by atoms with Gasteiger partial charge in [-0.1, -0.05) is 6.07 Å². The third-order valence-electron chi connectivity index (χ3n) is 2.21. The Morgan fingerprint density at radius 1 is 1.53 bits per heavy atom. The van der Waals surface area contributed by atoms with Gasteiger partial charge in [-0.15, -0.1) is 0 Å². The minimum atomic E-state index is -1.08. The highest BCUT2D eigenvalue weighted by Gasteiger charge is 2.20. The first kappa shape index (κ1) is 11.3. The fourth-order valence-electron chi connectivity index (χ4n) is 1.51. The molecule has 0 unspecified atom stereocenters. The number of benzene rings is 1. The predicted molar refractivity (Wildman–Crippen MR) is 57.4 cm³/mol. The number of hydrogen-bond donors (Lipinski definition) is 2.